The van der Waals surface area contributed by atoms with E-state index in [4.69, 9.17) is 4.74 Å². The van der Waals surface area contributed by atoms with Crippen LogP contribution in [0.4, 0.5) is 0 Å². The number of aromatic amines is 1. The van der Waals surface area contributed by atoms with E-state index in [2.05, 4.69) is 9.97 Å². The van der Waals surface area contributed by atoms with Gasteiger partial charge in [-0.15, -0.1) is 22.7 Å². The lowest BCUT2D eigenvalue weighted by Crippen LogP contribution is -2.13. The molecule has 0 fully saturated rings. The zero-order chi connectivity index (χ0) is 17.3. The number of rotatable bonds is 4. The number of nitrogens with one attached hydrogen (secondary N) is 1. The standard InChI is InChI=1S/C17H16N2O3S2/c1-9(2)6-14(20)22-7-13-18-16(21)15-11(8-23-17(15)19-13)12-5-4-10(3)24-12/h4-6,8H,7H2,1-3H3,(H,18,19,21). The van der Waals surface area contributed by atoms with Gasteiger partial charge in [-0.1, -0.05) is 5.57 Å². The van der Waals surface area contributed by atoms with E-state index in [1.165, 1.54) is 22.3 Å². The summed E-state index contributed by atoms with van der Waals surface area (Å²) in [7, 11) is 0. The van der Waals surface area contributed by atoms with E-state index in [1.807, 2.05) is 38.3 Å². The molecule has 3 rings (SSSR count). The van der Waals surface area contributed by atoms with E-state index in [9.17, 15) is 9.59 Å². The van der Waals surface area contributed by atoms with Crippen molar-refractivity contribution < 1.29 is 9.53 Å². The highest BCUT2D eigenvalue weighted by Crippen LogP contribution is 2.34. The third kappa shape index (κ3) is 3.47. The van der Waals surface area contributed by atoms with Crippen molar-refractivity contribution in [2.45, 2.75) is 27.4 Å². The van der Waals surface area contributed by atoms with E-state index in [1.54, 1.807) is 11.3 Å². The number of hydrogen-bond donors (Lipinski definition) is 1. The Morgan fingerprint density at radius 1 is 1.38 bits per heavy atom. The number of carbonyl (C=O) groups is 1. The summed E-state index contributed by atoms with van der Waals surface area (Å²) in [5.74, 6) is -0.0996. The zero-order valence-electron chi connectivity index (χ0n) is 13.5. The Bertz CT molecular complexity index is 991. The van der Waals surface area contributed by atoms with Crippen molar-refractivity contribution in [2.24, 2.45) is 0 Å². The smallest absolute Gasteiger partial charge is 0.331 e. The van der Waals surface area contributed by atoms with Crippen molar-refractivity contribution in [2.75, 3.05) is 0 Å². The van der Waals surface area contributed by atoms with Crippen LogP contribution in [0.1, 0.15) is 24.5 Å². The van der Waals surface area contributed by atoms with Gasteiger partial charge >= 0.3 is 5.97 Å². The molecule has 1 N–H and O–H groups in total. The molecule has 0 bridgehead atoms. The first-order chi connectivity index (χ1) is 11.4. The molecular formula is C17H16N2O3S2. The lowest BCUT2D eigenvalue weighted by molar-refractivity contribution is -0.139. The molecule has 0 aliphatic carbocycles. The minimum absolute atomic E-state index is 0.0564. The molecule has 124 valence electrons. The SMILES string of the molecule is CC(C)=CC(=O)OCc1nc2scc(-c3ccc(C)s3)c2c(=O)[nH]1. The monoisotopic (exact) mass is 360 g/mol. The van der Waals surface area contributed by atoms with Crippen LogP contribution in [0.3, 0.4) is 0 Å². The molecule has 0 saturated heterocycles. The first-order valence-electron chi connectivity index (χ1n) is 7.33. The molecule has 3 heterocycles. The first kappa shape index (κ1) is 16.6. The summed E-state index contributed by atoms with van der Waals surface area (Å²) < 4.78 is 5.10. The van der Waals surface area contributed by atoms with Gasteiger partial charge in [0.25, 0.3) is 5.56 Å². The van der Waals surface area contributed by atoms with E-state index < -0.39 is 5.97 Å². The van der Waals surface area contributed by atoms with Gasteiger partial charge in [0, 0.05) is 26.8 Å². The van der Waals surface area contributed by atoms with Crippen LogP contribution >= 0.6 is 22.7 Å². The molecule has 0 saturated carbocycles. The number of carbonyl (C=O) groups excluding carboxylic acids is 1. The fraction of sp³-hybridized carbons (Fsp3) is 0.235. The van der Waals surface area contributed by atoms with Crippen LogP contribution in [0, 0.1) is 6.92 Å². The maximum Gasteiger partial charge on any atom is 0.331 e. The van der Waals surface area contributed by atoms with Gasteiger partial charge in [-0.05, 0) is 32.9 Å². The molecule has 0 atom stereocenters. The van der Waals surface area contributed by atoms with Gasteiger partial charge < -0.3 is 9.72 Å². The number of aromatic nitrogens is 2. The fourth-order valence-corrected chi connectivity index (χ4v) is 4.16. The van der Waals surface area contributed by atoms with Crippen LogP contribution in [0.5, 0.6) is 0 Å². The van der Waals surface area contributed by atoms with Gasteiger partial charge in [0.05, 0.1) is 5.39 Å². The van der Waals surface area contributed by atoms with Gasteiger partial charge in [-0.3, -0.25) is 4.79 Å². The number of esters is 1. The summed E-state index contributed by atoms with van der Waals surface area (Å²) in [6, 6.07) is 4.04. The second-order valence-electron chi connectivity index (χ2n) is 5.58. The van der Waals surface area contributed by atoms with Crippen LogP contribution in [-0.2, 0) is 16.1 Å². The molecule has 0 radical (unpaired) electrons. The van der Waals surface area contributed by atoms with E-state index >= 15 is 0 Å². The Morgan fingerprint density at radius 2 is 2.17 bits per heavy atom. The first-order valence-corrected chi connectivity index (χ1v) is 9.02. The highest BCUT2D eigenvalue weighted by Gasteiger charge is 2.14. The van der Waals surface area contributed by atoms with E-state index in [0.29, 0.717) is 16.0 Å². The lowest BCUT2D eigenvalue weighted by atomic mass is 10.2. The fourth-order valence-electron chi connectivity index (χ4n) is 2.24. The molecule has 0 amide bonds. The topological polar surface area (TPSA) is 72.0 Å². The summed E-state index contributed by atoms with van der Waals surface area (Å²) in [5.41, 5.74) is 1.54. The second kappa shape index (κ2) is 6.70. The Morgan fingerprint density at radius 3 is 2.83 bits per heavy atom. The molecule has 3 aromatic heterocycles. The minimum Gasteiger partial charge on any atom is -0.454 e. The lowest BCUT2D eigenvalue weighted by Gasteiger charge is -2.02. The third-order valence-electron chi connectivity index (χ3n) is 3.26. The number of thiophene rings is 2. The number of allylic oxidation sites excluding steroid dienone is 1. The molecule has 0 aliphatic rings. The zero-order valence-corrected chi connectivity index (χ0v) is 15.1. The predicted molar refractivity (Wildman–Crippen MR) is 97.5 cm³/mol. The van der Waals surface area contributed by atoms with Gasteiger partial charge in [0.15, 0.2) is 0 Å². The van der Waals surface area contributed by atoms with Crippen LogP contribution in [0.2, 0.25) is 0 Å². The van der Waals surface area contributed by atoms with Gasteiger partial charge in [0.2, 0.25) is 0 Å². The van der Waals surface area contributed by atoms with Crippen molar-refractivity contribution in [3.05, 3.63) is 50.2 Å². The number of ether oxygens (including phenoxy) is 1. The normalized spacial score (nSPS) is 10.8. The van der Waals surface area contributed by atoms with Crippen LogP contribution < -0.4 is 5.56 Å². The third-order valence-corrected chi connectivity index (χ3v) is 5.16. The Balaban J connectivity index is 1.91. The average Bonchev–Trinajstić information content (AvgIpc) is 3.10. The molecule has 0 aromatic carbocycles. The highest BCUT2D eigenvalue weighted by molar-refractivity contribution is 7.19. The maximum atomic E-state index is 12.4. The average molecular weight is 360 g/mol. The quantitative estimate of drug-likeness (QED) is 0.563. The number of nitrogens with zero attached hydrogens (tertiary/aromatic N) is 1. The number of H-pyrrole nitrogens is 1. The Hall–Kier alpha value is -2.25. The molecule has 0 aliphatic heterocycles. The predicted octanol–water partition coefficient (Wildman–Crippen LogP) is 4.03. The number of aryl methyl sites for hydroxylation is 1. The summed E-state index contributed by atoms with van der Waals surface area (Å²) in [4.78, 5) is 34.0. The molecule has 3 aromatic rings. The molecule has 0 spiro atoms. The molecule has 5 nitrogen and oxygen atoms in total. The number of hydrogen-bond acceptors (Lipinski definition) is 6. The number of fused-ring (bicyclic) bond motifs is 1. The van der Waals surface area contributed by atoms with Gasteiger partial charge in [-0.2, -0.15) is 0 Å². The van der Waals surface area contributed by atoms with Crippen molar-refractivity contribution in [3.8, 4) is 10.4 Å². The molecule has 7 heteroatoms. The highest BCUT2D eigenvalue weighted by atomic mass is 32.1. The Kier molecular flexibility index (Phi) is 4.64. The van der Waals surface area contributed by atoms with Gasteiger partial charge in [-0.25, -0.2) is 9.78 Å². The van der Waals surface area contributed by atoms with Crippen molar-refractivity contribution in [3.63, 3.8) is 0 Å². The van der Waals surface area contributed by atoms with E-state index in [-0.39, 0.29) is 12.2 Å². The molecular weight excluding hydrogens is 344 g/mol. The van der Waals surface area contributed by atoms with Crippen molar-refractivity contribution in [1.82, 2.24) is 9.97 Å². The maximum absolute atomic E-state index is 12.4. The minimum atomic E-state index is -0.446. The second-order valence-corrected chi connectivity index (χ2v) is 7.73. The molecule has 24 heavy (non-hydrogen) atoms. The molecule has 0 unspecified atom stereocenters. The van der Waals surface area contributed by atoms with Crippen LogP contribution in [0.25, 0.3) is 20.7 Å². The summed E-state index contributed by atoms with van der Waals surface area (Å²) in [6.07, 6.45) is 1.40. The van der Waals surface area contributed by atoms with E-state index in [0.717, 1.165) is 16.0 Å². The summed E-state index contributed by atoms with van der Waals surface area (Å²) in [5, 5.41) is 2.53. The van der Waals surface area contributed by atoms with Crippen LogP contribution in [0.15, 0.2) is 34.0 Å². The summed E-state index contributed by atoms with van der Waals surface area (Å²) >= 11 is 3.06. The van der Waals surface area contributed by atoms with Gasteiger partial charge in [0.1, 0.15) is 17.3 Å². The van der Waals surface area contributed by atoms with Crippen molar-refractivity contribution in [1.29, 1.82) is 0 Å². The Labute approximate surface area is 146 Å². The van der Waals surface area contributed by atoms with Crippen LogP contribution in [-0.4, -0.2) is 15.9 Å². The summed E-state index contributed by atoms with van der Waals surface area (Å²) in [6.45, 7) is 5.60. The van der Waals surface area contributed by atoms with Crippen molar-refractivity contribution >= 4 is 38.9 Å². The largest absolute Gasteiger partial charge is 0.454 e.